The summed E-state index contributed by atoms with van der Waals surface area (Å²) < 4.78 is 2.57. The van der Waals surface area contributed by atoms with E-state index in [0.29, 0.717) is 5.92 Å². The molecule has 7 aromatic rings. The molecular formula is C58H48N2S. The molecule has 2 unspecified atom stereocenters. The van der Waals surface area contributed by atoms with Gasteiger partial charge in [-0.05, 0) is 116 Å². The fourth-order valence-electron chi connectivity index (χ4n) is 11.1. The molecule has 0 spiro atoms. The van der Waals surface area contributed by atoms with Crippen LogP contribution in [0, 0.1) is 0 Å². The fourth-order valence-corrected chi connectivity index (χ4v) is 12.3. The van der Waals surface area contributed by atoms with Crippen LogP contribution in [-0.2, 0) is 10.8 Å². The molecule has 1 aromatic heterocycles. The molecule has 0 bridgehead atoms. The van der Waals surface area contributed by atoms with Gasteiger partial charge in [0.25, 0.3) is 0 Å². The highest BCUT2D eigenvalue weighted by molar-refractivity contribution is 7.26. The van der Waals surface area contributed by atoms with Crippen LogP contribution in [0.5, 0.6) is 0 Å². The van der Waals surface area contributed by atoms with Crippen LogP contribution in [-0.4, -0.2) is 5.71 Å². The summed E-state index contributed by atoms with van der Waals surface area (Å²) in [6, 6.07) is 45.9. The molecule has 0 fully saturated rings. The van der Waals surface area contributed by atoms with Gasteiger partial charge < -0.3 is 5.32 Å². The molecule has 0 saturated heterocycles. The van der Waals surface area contributed by atoms with Gasteiger partial charge in [-0.3, -0.25) is 4.99 Å². The number of rotatable bonds is 5. The van der Waals surface area contributed by atoms with Crippen molar-refractivity contribution in [1.29, 1.82) is 0 Å². The molecule has 0 amide bonds. The van der Waals surface area contributed by atoms with Crippen molar-refractivity contribution in [3.63, 3.8) is 0 Å². The van der Waals surface area contributed by atoms with Crippen molar-refractivity contribution < 1.29 is 0 Å². The summed E-state index contributed by atoms with van der Waals surface area (Å²) in [5, 5.41) is 6.36. The minimum Gasteiger partial charge on any atom is -0.360 e. The van der Waals surface area contributed by atoms with E-state index in [1.54, 1.807) is 5.57 Å². The van der Waals surface area contributed by atoms with E-state index in [1.807, 2.05) is 11.3 Å². The zero-order valence-electron chi connectivity index (χ0n) is 35.2. The SMILES string of the molecule is CC1(C)C2=CC=CCC2c2cc3c(cc21)-c1cc(-c2ccc4sc5c(C6=NC(c7ccccc7)NC(c7ccc(C8=CC=CCC8)cc7)=C6)cccc5c4c2)ccc1C3(C)C. The summed E-state index contributed by atoms with van der Waals surface area (Å²) in [6.45, 7) is 9.68. The summed E-state index contributed by atoms with van der Waals surface area (Å²) in [4.78, 5) is 5.40. The minimum absolute atomic E-state index is 0.0316. The van der Waals surface area contributed by atoms with Gasteiger partial charge >= 0.3 is 0 Å². The van der Waals surface area contributed by atoms with Gasteiger partial charge in [-0.15, -0.1) is 11.3 Å². The Morgan fingerprint density at radius 1 is 0.623 bits per heavy atom. The van der Waals surface area contributed by atoms with E-state index in [1.165, 1.54) is 86.9 Å². The maximum atomic E-state index is 5.40. The Kier molecular flexibility index (Phi) is 8.16. The Morgan fingerprint density at radius 3 is 2.23 bits per heavy atom. The van der Waals surface area contributed by atoms with Crippen LogP contribution in [0.25, 0.3) is 53.7 Å². The van der Waals surface area contributed by atoms with Crippen LogP contribution in [0.15, 0.2) is 174 Å². The third-order valence-corrected chi connectivity index (χ3v) is 15.6. The molecule has 4 aliphatic carbocycles. The lowest BCUT2D eigenvalue weighted by Gasteiger charge is -2.25. The molecule has 296 valence electrons. The summed E-state index contributed by atoms with van der Waals surface area (Å²) in [7, 11) is 0. The molecule has 5 aliphatic rings. The van der Waals surface area contributed by atoms with Gasteiger partial charge in [0.1, 0.15) is 6.17 Å². The van der Waals surface area contributed by atoms with Crippen LogP contribution in [0.3, 0.4) is 0 Å². The maximum Gasteiger partial charge on any atom is 0.145 e. The summed E-state index contributed by atoms with van der Waals surface area (Å²) in [5.41, 5.74) is 21.1. The summed E-state index contributed by atoms with van der Waals surface area (Å²) >= 11 is 1.88. The van der Waals surface area contributed by atoms with Gasteiger partial charge in [0.15, 0.2) is 0 Å². The van der Waals surface area contributed by atoms with Crippen molar-refractivity contribution in [2.75, 3.05) is 0 Å². The van der Waals surface area contributed by atoms with Gasteiger partial charge in [-0.25, -0.2) is 0 Å². The number of hydrogen-bond donors (Lipinski definition) is 1. The van der Waals surface area contributed by atoms with Gasteiger partial charge in [0, 0.05) is 48.2 Å². The average molecular weight is 805 g/mol. The Bertz CT molecular complexity index is 3180. The third kappa shape index (κ3) is 5.70. The summed E-state index contributed by atoms with van der Waals surface area (Å²) in [5.74, 6) is 0.493. The minimum atomic E-state index is -0.196. The second-order valence-electron chi connectivity index (χ2n) is 18.6. The topological polar surface area (TPSA) is 24.4 Å². The van der Waals surface area contributed by atoms with Crippen LogP contribution < -0.4 is 5.32 Å². The molecule has 2 nitrogen and oxygen atoms in total. The largest absolute Gasteiger partial charge is 0.360 e. The normalized spacial score (nSPS) is 20.3. The number of benzene rings is 6. The molecule has 0 radical (unpaired) electrons. The Morgan fingerprint density at radius 2 is 1.39 bits per heavy atom. The molecule has 2 heterocycles. The van der Waals surface area contributed by atoms with E-state index in [-0.39, 0.29) is 17.0 Å². The van der Waals surface area contributed by atoms with Crippen molar-refractivity contribution in [2.45, 2.75) is 69.9 Å². The molecule has 61 heavy (non-hydrogen) atoms. The number of aliphatic imine (C=N–C) groups is 1. The van der Waals surface area contributed by atoms with E-state index >= 15 is 0 Å². The standard InChI is InChI=1S/C58H48N2S/c1-57(2)48-21-12-11-18-41(48)45-32-51-46(33-50(45)57)44-30-39(26-28-49(44)58(51,3)4)40-27-29-54-47(31-40)42-19-13-20-43(55(42)61-54)53-34-52(59-56(60-53)38-16-9-6-10-17-38)37-24-22-36(23-25-37)35-14-7-5-8-15-35/h5-7,9-14,16-17,19-34,41,56,59H,8,15,18H2,1-4H3. The predicted molar refractivity (Wildman–Crippen MR) is 260 cm³/mol. The first-order valence-electron chi connectivity index (χ1n) is 22.0. The van der Waals surface area contributed by atoms with Crippen molar-refractivity contribution in [2.24, 2.45) is 4.99 Å². The highest BCUT2D eigenvalue weighted by atomic mass is 32.1. The number of fused-ring (bicyclic) bond motifs is 9. The Hall–Kier alpha value is -6.29. The van der Waals surface area contributed by atoms with Crippen LogP contribution >= 0.6 is 11.3 Å². The zero-order chi connectivity index (χ0) is 41.0. The van der Waals surface area contributed by atoms with E-state index in [9.17, 15) is 0 Å². The first kappa shape index (κ1) is 36.6. The molecule has 0 saturated carbocycles. The van der Waals surface area contributed by atoms with Gasteiger partial charge in [0.2, 0.25) is 0 Å². The van der Waals surface area contributed by atoms with Crippen molar-refractivity contribution >= 4 is 48.5 Å². The molecule has 1 N–H and O–H groups in total. The molecule has 12 rings (SSSR count). The average Bonchev–Trinajstić information content (AvgIpc) is 3.87. The number of nitrogens with one attached hydrogen (secondary N) is 1. The van der Waals surface area contributed by atoms with Crippen molar-refractivity contribution in [3.05, 3.63) is 214 Å². The lowest BCUT2D eigenvalue weighted by Crippen LogP contribution is -2.24. The number of thiophene rings is 1. The lowest BCUT2D eigenvalue weighted by molar-refractivity contribution is 0.612. The van der Waals surface area contributed by atoms with E-state index in [0.717, 1.165) is 36.2 Å². The number of allylic oxidation sites excluding steroid dienone is 9. The predicted octanol–water partition coefficient (Wildman–Crippen LogP) is 15.2. The van der Waals surface area contributed by atoms with Gasteiger partial charge in [-0.2, -0.15) is 0 Å². The van der Waals surface area contributed by atoms with Gasteiger partial charge in [0.05, 0.1) is 5.71 Å². The number of nitrogens with zero attached hydrogens (tertiary/aromatic N) is 1. The molecule has 2 atom stereocenters. The smallest absolute Gasteiger partial charge is 0.145 e. The monoisotopic (exact) mass is 804 g/mol. The van der Waals surface area contributed by atoms with Gasteiger partial charge in [-0.1, -0.05) is 167 Å². The highest BCUT2D eigenvalue weighted by Gasteiger charge is 2.45. The first-order valence-corrected chi connectivity index (χ1v) is 22.8. The van der Waals surface area contributed by atoms with E-state index < -0.39 is 0 Å². The van der Waals surface area contributed by atoms with Crippen LogP contribution in [0.2, 0.25) is 0 Å². The van der Waals surface area contributed by atoms with Crippen molar-refractivity contribution in [3.8, 4) is 22.3 Å². The summed E-state index contributed by atoms with van der Waals surface area (Å²) in [6.07, 6.45) is 19.0. The molecule has 6 aromatic carbocycles. The maximum absolute atomic E-state index is 5.40. The molecule has 3 heteroatoms. The first-order chi connectivity index (χ1) is 29.7. The third-order valence-electron chi connectivity index (χ3n) is 14.4. The lowest BCUT2D eigenvalue weighted by atomic mass is 9.78. The quantitative estimate of drug-likeness (QED) is 0.184. The fraction of sp³-hybridized carbons (Fsp3) is 0.190. The second-order valence-corrected chi connectivity index (χ2v) is 19.6. The second kappa shape index (κ2) is 13.6. The molecule has 1 aliphatic heterocycles. The number of hydrogen-bond acceptors (Lipinski definition) is 3. The highest BCUT2D eigenvalue weighted by Crippen LogP contribution is 2.58. The Balaban J connectivity index is 0.934. The van der Waals surface area contributed by atoms with E-state index in [2.05, 4.69) is 197 Å². The zero-order valence-corrected chi connectivity index (χ0v) is 36.0. The van der Waals surface area contributed by atoms with Crippen LogP contribution in [0.4, 0.5) is 0 Å². The molecular weight excluding hydrogens is 757 g/mol. The van der Waals surface area contributed by atoms with Crippen LogP contribution in [0.1, 0.15) is 104 Å². The Labute approximate surface area is 363 Å². The van der Waals surface area contributed by atoms with Crippen molar-refractivity contribution in [1.82, 2.24) is 5.32 Å². The van der Waals surface area contributed by atoms with E-state index in [4.69, 9.17) is 4.99 Å².